The number of amides is 2. The van der Waals surface area contributed by atoms with E-state index >= 15 is 0 Å². The summed E-state index contributed by atoms with van der Waals surface area (Å²) in [5.41, 5.74) is 0.862. The molecule has 0 spiro atoms. The molecule has 1 unspecified atom stereocenters. The lowest BCUT2D eigenvalue weighted by Crippen LogP contribution is -2.54. The molecule has 0 radical (unpaired) electrons. The molecule has 1 heterocycles. The van der Waals surface area contributed by atoms with Crippen molar-refractivity contribution in [3.8, 4) is 0 Å². The largest absolute Gasteiger partial charge is 0.392 e. The minimum Gasteiger partial charge on any atom is -0.230 e. The van der Waals surface area contributed by atoms with Gasteiger partial charge in [-0.2, -0.15) is 4.48 Å². The number of unbranched alkanes of at least 4 members (excludes halogenated alkanes) is 3. The van der Waals surface area contributed by atoms with E-state index in [0.717, 1.165) is 36.3 Å². The Kier molecular flexibility index (Phi) is 4.42. The Hall–Kier alpha value is -1.13. The zero-order valence-electron chi connectivity index (χ0n) is 11.5. The number of thioether (sulfide) groups is 1. The van der Waals surface area contributed by atoms with Gasteiger partial charge in [0.15, 0.2) is 5.69 Å². The summed E-state index contributed by atoms with van der Waals surface area (Å²) in [6, 6.07) is 7.65. The number of hydrogen-bond donors (Lipinski definition) is 0. The molecule has 0 saturated carbocycles. The second kappa shape index (κ2) is 5.88. The van der Waals surface area contributed by atoms with Gasteiger partial charge in [0.05, 0.1) is 18.4 Å². The maximum absolute atomic E-state index is 12.4. The Bertz CT molecular complexity index is 501. The quantitative estimate of drug-likeness (QED) is 0.593. The number of benzene rings is 1. The lowest BCUT2D eigenvalue weighted by molar-refractivity contribution is -0.125. The summed E-state index contributed by atoms with van der Waals surface area (Å²) < 4.78 is -0.107. The molecule has 19 heavy (non-hydrogen) atoms. The van der Waals surface area contributed by atoms with Crippen LogP contribution in [0.1, 0.15) is 39.5 Å². The number of hydrogen-bond acceptors (Lipinski definition) is 3. The van der Waals surface area contributed by atoms with Gasteiger partial charge in [0, 0.05) is 17.8 Å². The number of fused-ring (bicyclic) bond motifs is 1. The molecule has 1 aromatic rings. The molecular formula is C15H20NO2S+. The summed E-state index contributed by atoms with van der Waals surface area (Å²) in [5.74, 6) is -0.0704. The first-order valence-corrected chi connectivity index (χ1v) is 7.65. The highest BCUT2D eigenvalue weighted by atomic mass is 32.2. The van der Waals surface area contributed by atoms with Crippen LogP contribution in [0, 0.1) is 0 Å². The average molecular weight is 278 g/mol. The van der Waals surface area contributed by atoms with Crippen LogP contribution < -0.4 is 4.48 Å². The van der Waals surface area contributed by atoms with Crippen molar-refractivity contribution >= 4 is 28.6 Å². The molecule has 0 aliphatic carbocycles. The van der Waals surface area contributed by atoms with Gasteiger partial charge in [-0.3, -0.25) is 0 Å². The van der Waals surface area contributed by atoms with E-state index in [4.69, 9.17) is 0 Å². The van der Waals surface area contributed by atoms with Crippen LogP contribution in [0.25, 0.3) is 0 Å². The Morgan fingerprint density at radius 1 is 1.21 bits per heavy atom. The lowest BCUT2D eigenvalue weighted by atomic mass is 10.1. The van der Waals surface area contributed by atoms with Crippen molar-refractivity contribution in [3.05, 3.63) is 24.3 Å². The van der Waals surface area contributed by atoms with E-state index in [1.54, 1.807) is 0 Å². The summed E-state index contributed by atoms with van der Waals surface area (Å²) >= 11 is 1.20. The van der Waals surface area contributed by atoms with Crippen LogP contribution in [0.5, 0.6) is 0 Å². The van der Waals surface area contributed by atoms with Crippen molar-refractivity contribution < 1.29 is 9.59 Å². The molecule has 1 atom stereocenters. The summed E-state index contributed by atoms with van der Waals surface area (Å²) in [6.07, 6.45) is 4.29. The molecule has 0 bridgehead atoms. The number of rotatable bonds is 5. The minimum absolute atomic E-state index is 0.0507. The van der Waals surface area contributed by atoms with Crippen LogP contribution in [0.4, 0.5) is 10.5 Å². The zero-order valence-corrected chi connectivity index (χ0v) is 12.3. The van der Waals surface area contributed by atoms with Gasteiger partial charge < -0.3 is 0 Å². The second-order valence-electron chi connectivity index (χ2n) is 4.95. The number of para-hydroxylation sites is 1. The molecule has 102 valence electrons. The maximum Gasteiger partial charge on any atom is 0.392 e. The molecule has 2 rings (SSSR count). The molecule has 0 aromatic heterocycles. The van der Waals surface area contributed by atoms with E-state index in [-0.39, 0.29) is 15.6 Å². The fourth-order valence-electron chi connectivity index (χ4n) is 2.57. The van der Waals surface area contributed by atoms with Crippen molar-refractivity contribution in [2.45, 2.75) is 44.4 Å². The van der Waals surface area contributed by atoms with Gasteiger partial charge in [-0.15, -0.1) is 0 Å². The van der Waals surface area contributed by atoms with Gasteiger partial charge in [-0.1, -0.05) is 31.9 Å². The number of carbonyl (C=O) groups is 2. The highest BCUT2D eigenvalue weighted by molar-refractivity contribution is 8.14. The Morgan fingerprint density at radius 2 is 1.95 bits per heavy atom. The Morgan fingerprint density at radius 3 is 2.63 bits per heavy atom. The fourth-order valence-corrected chi connectivity index (χ4v) is 3.71. The zero-order chi connectivity index (χ0) is 13.9. The second-order valence-corrected chi connectivity index (χ2v) is 5.94. The van der Waals surface area contributed by atoms with Crippen LogP contribution in [0.2, 0.25) is 0 Å². The number of nitrogens with zero attached hydrogens (tertiary/aromatic N) is 1. The van der Waals surface area contributed by atoms with Gasteiger partial charge in [-0.05, 0) is 18.9 Å². The highest BCUT2D eigenvalue weighted by Crippen LogP contribution is 2.45. The first-order chi connectivity index (χ1) is 9.13. The van der Waals surface area contributed by atoms with E-state index in [1.165, 1.54) is 18.7 Å². The van der Waals surface area contributed by atoms with Gasteiger partial charge in [-0.25, -0.2) is 9.59 Å². The molecule has 1 aliphatic heterocycles. The van der Waals surface area contributed by atoms with Crippen molar-refractivity contribution in [3.63, 3.8) is 0 Å². The minimum atomic E-state index is -0.107. The Labute approximate surface area is 118 Å². The molecular weight excluding hydrogens is 258 g/mol. The van der Waals surface area contributed by atoms with Crippen LogP contribution in [0.3, 0.4) is 0 Å². The van der Waals surface area contributed by atoms with Crippen LogP contribution in [-0.2, 0) is 4.79 Å². The predicted molar refractivity (Wildman–Crippen MR) is 79.2 cm³/mol. The topological polar surface area (TPSA) is 34.1 Å². The molecule has 0 N–H and O–H groups in total. The van der Waals surface area contributed by atoms with Gasteiger partial charge in [0.2, 0.25) is 0 Å². The van der Waals surface area contributed by atoms with E-state index in [2.05, 4.69) is 6.92 Å². The molecule has 0 fully saturated rings. The van der Waals surface area contributed by atoms with E-state index in [0.29, 0.717) is 6.54 Å². The third-order valence-corrected chi connectivity index (χ3v) is 4.72. The molecule has 2 amide bonds. The highest BCUT2D eigenvalue weighted by Gasteiger charge is 2.51. The van der Waals surface area contributed by atoms with Crippen LogP contribution >= 0.6 is 11.8 Å². The van der Waals surface area contributed by atoms with E-state index < -0.39 is 0 Å². The standard InChI is InChI=1S/C15H20NO2S/c1-3-4-5-8-11-16(12(2)17)13-9-6-7-10-14(13)19-15(16)18/h6-7,9-10H,3-5,8,11H2,1-2H3/q+1. The van der Waals surface area contributed by atoms with Crippen molar-refractivity contribution in [1.82, 2.24) is 4.48 Å². The molecule has 1 aliphatic rings. The molecule has 0 saturated heterocycles. The number of carbonyl (C=O) groups excluding carboxylic acids is 2. The summed E-state index contributed by atoms with van der Waals surface area (Å²) in [4.78, 5) is 25.4. The van der Waals surface area contributed by atoms with Gasteiger partial charge in [0.25, 0.3) is 0 Å². The van der Waals surface area contributed by atoms with Crippen molar-refractivity contribution in [2.24, 2.45) is 0 Å². The third kappa shape index (κ3) is 2.47. The number of imide groups is 1. The van der Waals surface area contributed by atoms with E-state index in [1.807, 2.05) is 24.3 Å². The fraction of sp³-hybridized carbons (Fsp3) is 0.467. The number of quaternary nitrogens is 1. The monoisotopic (exact) mass is 278 g/mol. The normalized spacial score (nSPS) is 21.5. The van der Waals surface area contributed by atoms with E-state index in [9.17, 15) is 9.59 Å². The van der Waals surface area contributed by atoms with Gasteiger partial charge >= 0.3 is 11.1 Å². The lowest BCUT2D eigenvalue weighted by Gasteiger charge is -2.26. The maximum atomic E-state index is 12.4. The average Bonchev–Trinajstić information content (AvgIpc) is 2.68. The third-order valence-electron chi connectivity index (χ3n) is 3.67. The SMILES string of the molecule is CCCCCC[N+]1(C(C)=O)C(=O)Sc2ccccc21. The molecule has 3 nitrogen and oxygen atoms in total. The predicted octanol–water partition coefficient (Wildman–Crippen LogP) is 4.35. The Balaban J connectivity index is 2.29. The van der Waals surface area contributed by atoms with Crippen LogP contribution in [-0.4, -0.2) is 17.7 Å². The van der Waals surface area contributed by atoms with Crippen molar-refractivity contribution in [2.75, 3.05) is 6.54 Å². The van der Waals surface area contributed by atoms with Crippen LogP contribution in [0.15, 0.2) is 29.2 Å². The molecule has 4 heteroatoms. The summed E-state index contributed by atoms with van der Waals surface area (Å²) in [7, 11) is 0. The summed E-state index contributed by atoms with van der Waals surface area (Å²) in [6.45, 7) is 4.28. The first-order valence-electron chi connectivity index (χ1n) is 6.84. The first kappa shape index (κ1) is 14.3. The summed E-state index contributed by atoms with van der Waals surface area (Å²) in [5, 5.41) is -0.0507. The molecule has 1 aromatic carbocycles. The smallest absolute Gasteiger partial charge is 0.230 e. The van der Waals surface area contributed by atoms with Gasteiger partial charge in [0.1, 0.15) is 0 Å². The van der Waals surface area contributed by atoms with Crippen molar-refractivity contribution in [1.29, 1.82) is 0 Å².